The predicted molar refractivity (Wildman–Crippen MR) is 79.1 cm³/mol. The Morgan fingerprint density at radius 1 is 1.36 bits per heavy atom. The van der Waals surface area contributed by atoms with E-state index in [1.807, 2.05) is 6.92 Å². The van der Waals surface area contributed by atoms with Gasteiger partial charge in [0.1, 0.15) is 4.88 Å². The molecule has 0 radical (unpaired) electrons. The van der Waals surface area contributed by atoms with Crippen molar-refractivity contribution in [3.05, 3.63) is 40.3 Å². The first-order valence-corrected chi connectivity index (χ1v) is 8.65. The van der Waals surface area contributed by atoms with Crippen molar-refractivity contribution in [3.8, 4) is 0 Å². The van der Waals surface area contributed by atoms with E-state index in [1.54, 1.807) is 0 Å². The quantitative estimate of drug-likeness (QED) is 0.903. The van der Waals surface area contributed by atoms with Crippen LogP contribution in [0.3, 0.4) is 0 Å². The zero-order valence-electron chi connectivity index (χ0n) is 11.4. The second kappa shape index (κ2) is 6.49. The van der Waals surface area contributed by atoms with E-state index in [-0.39, 0.29) is 5.69 Å². The summed E-state index contributed by atoms with van der Waals surface area (Å²) in [6, 6.07) is 5.06. The van der Waals surface area contributed by atoms with Crippen LogP contribution in [0.15, 0.2) is 34.7 Å². The van der Waals surface area contributed by atoms with Gasteiger partial charge in [-0.25, -0.2) is 13.4 Å². The van der Waals surface area contributed by atoms with Crippen LogP contribution in [-0.4, -0.2) is 25.1 Å². The topological polar surface area (TPSA) is 76.1 Å². The Balaban J connectivity index is 2.37. The van der Waals surface area contributed by atoms with Gasteiger partial charge >= 0.3 is 5.76 Å². The van der Waals surface area contributed by atoms with E-state index in [4.69, 9.17) is 0 Å². The summed E-state index contributed by atoms with van der Waals surface area (Å²) in [5.74, 6) is -4.13. The third-order valence-electron chi connectivity index (χ3n) is 2.86. The second-order valence-electron chi connectivity index (χ2n) is 4.24. The van der Waals surface area contributed by atoms with Gasteiger partial charge in [-0.2, -0.15) is 8.78 Å². The molecule has 1 aromatic heterocycles. The van der Waals surface area contributed by atoms with E-state index in [0.29, 0.717) is 17.0 Å². The lowest BCUT2D eigenvalue weighted by molar-refractivity contribution is 0.102. The number of hydrogen-bond acceptors (Lipinski definition) is 5. The van der Waals surface area contributed by atoms with Gasteiger partial charge in [-0.1, -0.05) is 19.1 Å². The highest BCUT2D eigenvalue weighted by molar-refractivity contribution is 7.91. The summed E-state index contributed by atoms with van der Waals surface area (Å²) < 4.78 is 48.7. The molecule has 2 rings (SSSR count). The molecule has 5 nitrogen and oxygen atoms in total. The first-order valence-electron chi connectivity index (χ1n) is 6.22. The van der Waals surface area contributed by atoms with Gasteiger partial charge in [0, 0.05) is 0 Å². The summed E-state index contributed by atoms with van der Waals surface area (Å²) in [6.45, 7) is 1.82. The SMILES string of the molecule is CCc1ncsc1C(=O)Nc1ccccc1S(=O)(=O)C(F)F. The molecular weight excluding hydrogens is 334 g/mol. The first-order chi connectivity index (χ1) is 10.4. The number of benzene rings is 1. The molecule has 1 heterocycles. The average molecular weight is 346 g/mol. The minimum absolute atomic E-state index is 0.178. The number of anilines is 1. The molecule has 1 N–H and O–H groups in total. The number of rotatable bonds is 5. The Labute approximate surface area is 129 Å². The number of aromatic nitrogens is 1. The molecule has 2 aromatic rings. The molecule has 0 bridgehead atoms. The Kier molecular flexibility index (Phi) is 4.87. The van der Waals surface area contributed by atoms with Gasteiger partial charge < -0.3 is 5.32 Å². The molecule has 1 amide bonds. The van der Waals surface area contributed by atoms with Crippen LogP contribution in [-0.2, 0) is 16.3 Å². The average Bonchev–Trinajstić information content (AvgIpc) is 2.96. The zero-order valence-corrected chi connectivity index (χ0v) is 13.0. The smallest absolute Gasteiger partial charge is 0.320 e. The summed E-state index contributed by atoms with van der Waals surface area (Å²) in [5, 5.41) is 2.37. The van der Waals surface area contributed by atoms with Gasteiger partial charge in [0.15, 0.2) is 0 Å². The number of nitrogens with zero attached hydrogens (tertiary/aromatic N) is 1. The highest BCUT2D eigenvalue weighted by Gasteiger charge is 2.29. The third kappa shape index (κ3) is 3.14. The number of para-hydroxylation sites is 1. The number of hydrogen-bond donors (Lipinski definition) is 1. The molecule has 118 valence electrons. The summed E-state index contributed by atoms with van der Waals surface area (Å²) in [7, 11) is -4.80. The van der Waals surface area contributed by atoms with Crippen molar-refractivity contribution >= 4 is 32.8 Å². The number of alkyl halides is 2. The number of nitrogens with one attached hydrogen (secondary N) is 1. The summed E-state index contributed by atoms with van der Waals surface area (Å²) in [4.78, 5) is 15.9. The van der Waals surface area contributed by atoms with Crippen LogP contribution in [0.2, 0.25) is 0 Å². The van der Waals surface area contributed by atoms with Crippen molar-refractivity contribution < 1.29 is 22.0 Å². The number of halogens is 2. The van der Waals surface area contributed by atoms with E-state index in [2.05, 4.69) is 10.3 Å². The van der Waals surface area contributed by atoms with Crippen molar-refractivity contribution in [3.63, 3.8) is 0 Å². The van der Waals surface area contributed by atoms with Gasteiger partial charge in [0.25, 0.3) is 5.91 Å². The van der Waals surface area contributed by atoms with Crippen LogP contribution in [0.1, 0.15) is 22.3 Å². The molecule has 0 saturated heterocycles. The Bertz CT molecular complexity index is 788. The van der Waals surface area contributed by atoms with Crippen LogP contribution in [0, 0.1) is 0 Å². The maximum Gasteiger partial charge on any atom is 0.341 e. The molecule has 0 aliphatic carbocycles. The van der Waals surface area contributed by atoms with Crippen LogP contribution in [0.5, 0.6) is 0 Å². The Morgan fingerprint density at radius 3 is 2.68 bits per heavy atom. The lowest BCUT2D eigenvalue weighted by Crippen LogP contribution is -2.18. The minimum Gasteiger partial charge on any atom is -0.320 e. The van der Waals surface area contributed by atoms with E-state index in [0.717, 1.165) is 17.4 Å². The monoisotopic (exact) mass is 346 g/mol. The molecule has 0 aliphatic heterocycles. The number of amides is 1. The van der Waals surface area contributed by atoms with Gasteiger partial charge in [-0.3, -0.25) is 4.79 Å². The summed E-state index contributed by atoms with van der Waals surface area (Å²) >= 11 is 1.10. The van der Waals surface area contributed by atoms with Crippen molar-refractivity contribution in [2.45, 2.75) is 24.0 Å². The molecule has 0 unspecified atom stereocenters. The van der Waals surface area contributed by atoms with E-state index < -0.39 is 26.4 Å². The van der Waals surface area contributed by atoms with Gasteiger partial charge in [-0.05, 0) is 18.6 Å². The highest BCUT2D eigenvalue weighted by atomic mass is 32.2. The maximum atomic E-state index is 12.7. The van der Waals surface area contributed by atoms with E-state index in [9.17, 15) is 22.0 Å². The fraction of sp³-hybridized carbons (Fsp3) is 0.231. The zero-order chi connectivity index (χ0) is 16.3. The summed E-state index contributed by atoms with van der Waals surface area (Å²) in [5.41, 5.74) is 1.88. The second-order valence-corrected chi connectivity index (χ2v) is 6.98. The highest BCUT2D eigenvalue weighted by Crippen LogP contribution is 2.27. The number of thiazole rings is 1. The largest absolute Gasteiger partial charge is 0.341 e. The molecule has 0 saturated carbocycles. The van der Waals surface area contributed by atoms with E-state index >= 15 is 0 Å². The Hall–Kier alpha value is -1.87. The lowest BCUT2D eigenvalue weighted by Gasteiger charge is -2.11. The standard InChI is InChI=1S/C13H12F2N2O3S2/c1-2-8-11(21-7-16-8)12(18)17-9-5-3-4-6-10(9)22(19,20)13(14)15/h3-7,13H,2H2,1H3,(H,17,18). The molecular formula is C13H12F2N2O3S2. The van der Waals surface area contributed by atoms with Gasteiger partial charge in [-0.15, -0.1) is 11.3 Å². The van der Waals surface area contributed by atoms with Crippen molar-refractivity contribution in [2.75, 3.05) is 5.32 Å². The molecule has 0 atom stereocenters. The Morgan fingerprint density at radius 2 is 2.05 bits per heavy atom. The molecule has 0 fully saturated rings. The fourth-order valence-corrected chi connectivity index (χ4v) is 3.46. The third-order valence-corrected chi connectivity index (χ3v) is 5.16. The number of carbonyl (C=O) groups excluding carboxylic acids is 1. The normalized spacial score (nSPS) is 11.6. The summed E-state index contributed by atoms with van der Waals surface area (Å²) in [6.07, 6.45) is 0.531. The van der Waals surface area contributed by atoms with Crippen molar-refractivity contribution in [1.82, 2.24) is 4.98 Å². The lowest BCUT2D eigenvalue weighted by atomic mass is 10.2. The molecule has 1 aromatic carbocycles. The van der Waals surface area contributed by atoms with Crippen LogP contribution < -0.4 is 5.32 Å². The van der Waals surface area contributed by atoms with Crippen molar-refractivity contribution in [2.24, 2.45) is 0 Å². The molecule has 22 heavy (non-hydrogen) atoms. The number of carbonyl (C=O) groups is 1. The fourth-order valence-electron chi connectivity index (χ4n) is 1.80. The minimum atomic E-state index is -4.80. The predicted octanol–water partition coefficient (Wildman–Crippen LogP) is 2.95. The van der Waals surface area contributed by atoms with Gasteiger partial charge in [0.2, 0.25) is 9.84 Å². The number of aryl methyl sites for hydroxylation is 1. The van der Waals surface area contributed by atoms with Crippen LogP contribution >= 0.6 is 11.3 Å². The van der Waals surface area contributed by atoms with Gasteiger partial charge in [0.05, 0.1) is 21.8 Å². The first kappa shape index (κ1) is 16.5. The molecule has 0 spiro atoms. The van der Waals surface area contributed by atoms with Crippen LogP contribution in [0.4, 0.5) is 14.5 Å². The number of sulfone groups is 1. The van der Waals surface area contributed by atoms with Crippen LogP contribution in [0.25, 0.3) is 0 Å². The maximum absolute atomic E-state index is 12.7. The van der Waals surface area contributed by atoms with Crippen molar-refractivity contribution in [1.29, 1.82) is 0 Å². The van der Waals surface area contributed by atoms with E-state index in [1.165, 1.54) is 23.7 Å². The molecule has 9 heteroatoms. The molecule has 0 aliphatic rings.